The van der Waals surface area contributed by atoms with Gasteiger partial charge in [-0.3, -0.25) is 10.2 Å². The first-order valence-corrected chi connectivity index (χ1v) is 8.85. The lowest BCUT2D eigenvalue weighted by Gasteiger charge is -2.37. The Morgan fingerprint density at radius 1 is 1.35 bits per heavy atom. The van der Waals surface area contributed by atoms with Gasteiger partial charge in [0.1, 0.15) is 5.82 Å². The number of hydrogen-bond acceptors (Lipinski definition) is 5. The first-order valence-electron chi connectivity index (χ1n) is 8.85. The van der Waals surface area contributed by atoms with Crippen molar-refractivity contribution < 1.29 is 13.9 Å². The molecular weight excluding hydrogens is 359 g/mol. The Morgan fingerprint density at radius 3 is 2.77 bits per heavy atom. The molecule has 3 rings (SSSR count). The number of rotatable bonds is 6. The Kier molecular flexibility index (Phi) is 7.79. The summed E-state index contributed by atoms with van der Waals surface area (Å²) in [6.07, 6.45) is 1.94. The average Bonchev–Trinajstić information content (AvgIpc) is 3.11. The van der Waals surface area contributed by atoms with Crippen molar-refractivity contribution in [3.05, 3.63) is 35.6 Å². The average molecular weight is 387 g/mol. The van der Waals surface area contributed by atoms with Gasteiger partial charge in [0.15, 0.2) is 0 Å². The van der Waals surface area contributed by atoms with E-state index in [0.717, 1.165) is 25.9 Å². The third-order valence-corrected chi connectivity index (χ3v) is 5.31. The number of hydrazine groups is 1. The number of ether oxygens (including phenoxy) is 1. The minimum Gasteiger partial charge on any atom is -0.384 e. The zero-order chi connectivity index (χ0) is 17.7. The van der Waals surface area contributed by atoms with Crippen LogP contribution >= 0.6 is 12.4 Å². The van der Waals surface area contributed by atoms with Crippen LogP contribution in [0, 0.1) is 17.2 Å². The van der Waals surface area contributed by atoms with Gasteiger partial charge in [0, 0.05) is 31.2 Å². The molecule has 2 aliphatic rings. The minimum absolute atomic E-state index is 0. The van der Waals surface area contributed by atoms with Crippen LogP contribution in [-0.2, 0) is 9.53 Å². The summed E-state index contributed by atoms with van der Waals surface area (Å²) in [5, 5.41) is 6.44. The molecule has 26 heavy (non-hydrogen) atoms. The number of carbonyl (C=O) groups excluding carboxylic acids is 1. The van der Waals surface area contributed by atoms with Crippen LogP contribution in [0.25, 0.3) is 0 Å². The highest BCUT2D eigenvalue weighted by Crippen LogP contribution is 2.30. The lowest BCUT2D eigenvalue weighted by atomic mass is 9.79. The van der Waals surface area contributed by atoms with Gasteiger partial charge >= 0.3 is 0 Å². The maximum Gasteiger partial charge on any atom is 0.226 e. The predicted molar refractivity (Wildman–Crippen MR) is 100 cm³/mol. The van der Waals surface area contributed by atoms with Gasteiger partial charge in [-0.25, -0.2) is 9.82 Å². The fourth-order valence-corrected chi connectivity index (χ4v) is 3.80. The highest BCUT2D eigenvalue weighted by atomic mass is 35.5. The van der Waals surface area contributed by atoms with E-state index in [4.69, 9.17) is 4.74 Å². The van der Waals surface area contributed by atoms with Crippen LogP contribution in [0.15, 0.2) is 24.3 Å². The molecule has 0 radical (unpaired) electrons. The summed E-state index contributed by atoms with van der Waals surface area (Å²) in [4.78, 5) is 12.8. The number of methoxy groups -OCH3 is 1. The second-order valence-corrected chi connectivity index (χ2v) is 7.03. The van der Waals surface area contributed by atoms with Crippen LogP contribution in [0.2, 0.25) is 0 Å². The van der Waals surface area contributed by atoms with Gasteiger partial charge in [0.05, 0.1) is 18.6 Å². The molecule has 1 aromatic rings. The molecule has 2 heterocycles. The highest BCUT2D eigenvalue weighted by molar-refractivity contribution is 5.85. The van der Waals surface area contributed by atoms with Crippen molar-refractivity contribution in [1.82, 2.24) is 21.5 Å². The Labute approximate surface area is 160 Å². The number of carbonyl (C=O) groups is 1. The van der Waals surface area contributed by atoms with E-state index < -0.39 is 0 Å². The van der Waals surface area contributed by atoms with Gasteiger partial charge in [-0.15, -0.1) is 12.4 Å². The SMILES string of the molecule is COCC1(CNC(=O)C2CNNC2c2ccccc2F)CCNCC1.Cl. The quantitative estimate of drug-likeness (QED) is 0.590. The molecule has 0 saturated carbocycles. The Morgan fingerprint density at radius 2 is 2.08 bits per heavy atom. The van der Waals surface area contributed by atoms with E-state index in [1.54, 1.807) is 25.3 Å². The third kappa shape index (κ3) is 4.72. The fourth-order valence-electron chi connectivity index (χ4n) is 3.80. The number of benzene rings is 1. The van der Waals surface area contributed by atoms with E-state index in [2.05, 4.69) is 21.5 Å². The molecule has 1 aromatic carbocycles. The van der Waals surface area contributed by atoms with Crippen molar-refractivity contribution in [3.8, 4) is 0 Å². The molecule has 2 fully saturated rings. The Hall–Kier alpha value is -1.25. The van der Waals surface area contributed by atoms with E-state index in [0.29, 0.717) is 25.3 Å². The third-order valence-electron chi connectivity index (χ3n) is 5.31. The topological polar surface area (TPSA) is 74.4 Å². The molecule has 2 aliphatic heterocycles. The van der Waals surface area contributed by atoms with E-state index in [1.807, 2.05) is 0 Å². The summed E-state index contributed by atoms with van der Waals surface area (Å²) in [7, 11) is 1.70. The summed E-state index contributed by atoms with van der Waals surface area (Å²) in [5.41, 5.74) is 6.51. The normalized spacial score (nSPS) is 24.7. The second-order valence-electron chi connectivity index (χ2n) is 7.03. The maximum atomic E-state index is 14.1. The monoisotopic (exact) mass is 386 g/mol. The van der Waals surface area contributed by atoms with Gasteiger partial charge in [0.2, 0.25) is 5.91 Å². The molecule has 6 nitrogen and oxygen atoms in total. The van der Waals surface area contributed by atoms with E-state index in [-0.39, 0.29) is 41.5 Å². The van der Waals surface area contributed by atoms with Crippen LogP contribution in [0.4, 0.5) is 4.39 Å². The van der Waals surface area contributed by atoms with E-state index in [1.165, 1.54) is 6.07 Å². The van der Waals surface area contributed by atoms with Crippen LogP contribution in [0.5, 0.6) is 0 Å². The van der Waals surface area contributed by atoms with E-state index in [9.17, 15) is 9.18 Å². The van der Waals surface area contributed by atoms with Crippen molar-refractivity contribution in [2.24, 2.45) is 11.3 Å². The largest absolute Gasteiger partial charge is 0.384 e. The van der Waals surface area contributed by atoms with Gasteiger partial charge < -0.3 is 15.4 Å². The van der Waals surface area contributed by atoms with E-state index >= 15 is 0 Å². The summed E-state index contributed by atoms with van der Waals surface area (Å²) >= 11 is 0. The van der Waals surface area contributed by atoms with Crippen LogP contribution in [0.1, 0.15) is 24.4 Å². The lowest BCUT2D eigenvalue weighted by molar-refractivity contribution is -0.125. The molecule has 146 valence electrons. The first-order chi connectivity index (χ1) is 12.2. The summed E-state index contributed by atoms with van der Waals surface area (Å²) in [6.45, 7) is 3.56. The molecule has 2 saturated heterocycles. The Balaban J connectivity index is 0.00000243. The van der Waals surface area contributed by atoms with Crippen molar-refractivity contribution >= 4 is 18.3 Å². The maximum absolute atomic E-state index is 14.1. The predicted octanol–water partition coefficient (Wildman–Crippen LogP) is 1.15. The number of halogens is 2. The van der Waals surface area contributed by atoms with Crippen molar-refractivity contribution in [2.45, 2.75) is 18.9 Å². The van der Waals surface area contributed by atoms with Crippen LogP contribution < -0.4 is 21.5 Å². The van der Waals surface area contributed by atoms with Crippen molar-refractivity contribution in [1.29, 1.82) is 0 Å². The first kappa shape index (κ1) is 21.1. The lowest BCUT2D eigenvalue weighted by Crippen LogP contribution is -2.48. The number of nitrogens with one attached hydrogen (secondary N) is 4. The zero-order valence-electron chi connectivity index (χ0n) is 15.0. The molecule has 0 bridgehead atoms. The molecule has 4 N–H and O–H groups in total. The molecule has 2 atom stereocenters. The van der Waals surface area contributed by atoms with Crippen molar-refractivity contribution in [2.75, 3.05) is 39.9 Å². The molecule has 1 amide bonds. The minimum atomic E-state index is -0.368. The molecule has 8 heteroatoms. The number of piperidine rings is 1. The second kappa shape index (κ2) is 9.62. The Bertz CT molecular complexity index is 593. The summed E-state index contributed by atoms with van der Waals surface area (Å²) in [6, 6.07) is 6.22. The smallest absolute Gasteiger partial charge is 0.226 e. The highest BCUT2D eigenvalue weighted by Gasteiger charge is 2.37. The fraction of sp³-hybridized carbons (Fsp3) is 0.611. The van der Waals surface area contributed by atoms with Gasteiger partial charge in [-0.2, -0.15) is 0 Å². The summed E-state index contributed by atoms with van der Waals surface area (Å²) < 4.78 is 19.5. The molecule has 0 aromatic heterocycles. The van der Waals surface area contributed by atoms with Crippen molar-refractivity contribution in [3.63, 3.8) is 0 Å². The standard InChI is InChI=1S/C18H27FN4O2.ClH/c1-25-12-18(6-8-20-9-7-18)11-21-17(24)14-10-22-23-16(14)13-4-2-3-5-15(13)19;/h2-5,14,16,20,22-23H,6-12H2,1H3,(H,21,24);1H. The van der Waals surface area contributed by atoms with Gasteiger partial charge in [0.25, 0.3) is 0 Å². The van der Waals surface area contributed by atoms with Crippen LogP contribution in [-0.4, -0.2) is 45.8 Å². The number of amides is 1. The number of hydrogen-bond donors (Lipinski definition) is 4. The molecule has 0 spiro atoms. The van der Waals surface area contributed by atoms with Crippen LogP contribution in [0.3, 0.4) is 0 Å². The molecule has 0 aliphatic carbocycles. The summed E-state index contributed by atoms with van der Waals surface area (Å²) in [5.74, 6) is -0.700. The van der Waals surface area contributed by atoms with Gasteiger partial charge in [-0.05, 0) is 32.0 Å². The van der Waals surface area contributed by atoms with Gasteiger partial charge in [-0.1, -0.05) is 18.2 Å². The molecule has 2 unspecified atom stereocenters. The molecular formula is C18H28ClFN4O2. The zero-order valence-corrected chi connectivity index (χ0v) is 15.8.